The molecule has 3 aromatic rings. The minimum atomic E-state index is -0.502. The monoisotopic (exact) mass is 455 g/mol. The van der Waals surface area contributed by atoms with Gasteiger partial charge in [-0.3, -0.25) is 9.59 Å². The van der Waals surface area contributed by atoms with E-state index in [4.69, 9.17) is 11.6 Å². The summed E-state index contributed by atoms with van der Waals surface area (Å²) < 4.78 is 13.5. The third kappa shape index (κ3) is 4.68. The smallest absolute Gasteiger partial charge is 0.262 e. The summed E-state index contributed by atoms with van der Waals surface area (Å²) in [6.07, 6.45) is 0.565. The van der Waals surface area contributed by atoms with Crippen molar-refractivity contribution in [3.05, 3.63) is 92.9 Å². The largest absolute Gasteiger partial charge is 0.332 e. The van der Waals surface area contributed by atoms with Crippen molar-refractivity contribution in [2.75, 3.05) is 13.6 Å². The van der Waals surface area contributed by atoms with E-state index in [-0.39, 0.29) is 24.1 Å². The molecule has 0 radical (unpaired) electrons. The summed E-state index contributed by atoms with van der Waals surface area (Å²) in [5.74, 6) is -1.26. The van der Waals surface area contributed by atoms with Gasteiger partial charge in [0, 0.05) is 24.1 Å². The van der Waals surface area contributed by atoms with Crippen LogP contribution in [0.25, 0.3) is 0 Å². The van der Waals surface area contributed by atoms with E-state index in [1.54, 1.807) is 23.5 Å². The maximum absolute atomic E-state index is 13.5. The summed E-state index contributed by atoms with van der Waals surface area (Å²) in [6, 6.07) is 16.3. The molecule has 2 amide bonds. The van der Waals surface area contributed by atoms with Gasteiger partial charge < -0.3 is 4.90 Å². The molecule has 8 heteroatoms. The Morgan fingerprint density at radius 1 is 1.19 bits per heavy atom. The Hall–Kier alpha value is -3.03. The first-order valence-electron chi connectivity index (χ1n) is 9.62. The zero-order valence-electron chi connectivity index (χ0n) is 16.7. The maximum Gasteiger partial charge on any atom is 0.262 e. The molecule has 0 saturated carbocycles. The lowest BCUT2D eigenvalue weighted by Gasteiger charge is -2.25. The third-order valence-corrected chi connectivity index (χ3v) is 6.19. The van der Waals surface area contributed by atoms with Crippen molar-refractivity contribution >= 4 is 40.5 Å². The highest BCUT2D eigenvalue weighted by molar-refractivity contribution is 7.12. The Morgan fingerprint density at radius 2 is 1.97 bits per heavy atom. The number of nitrogens with zero attached hydrogens (tertiary/aromatic N) is 3. The van der Waals surface area contributed by atoms with Crippen molar-refractivity contribution in [2.45, 2.75) is 12.5 Å². The molecule has 1 aliphatic heterocycles. The van der Waals surface area contributed by atoms with Gasteiger partial charge in [0.1, 0.15) is 12.4 Å². The van der Waals surface area contributed by atoms with Crippen LogP contribution < -0.4 is 0 Å². The second kappa shape index (κ2) is 8.99. The van der Waals surface area contributed by atoms with E-state index in [1.165, 1.54) is 35.2 Å². The van der Waals surface area contributed by atoms with Gasteiger partial charge in [0.25, 0.3) is 11.8 Å². The van der Waals surface area contributed by atoms with E-state index >= 15 is 0 Å². The summed E-state index contributed by atoms with van der Waals surface area (Å²) in [6.45, 7) is -0.180. The lowest BCUT2D eigenvalue weighted by atomic mass is 10.0. The SMILES string of the molecule is CN(CC(=O)N1N=C(c2cccs2)C[C@H]1c1ccc(Cl)cc1)C(=O)c1cccc(F)c1. The number of hydrogen-bond donors (Lipinski definition) is 0. The molecule has 0 unspecified atom stereocenters. The molecular weight excluding hydrogens is 437 g/mol. The minimum absolute atomic E-state index is 0.180. The summed E-state index contributed by atoms with van der Waals surface area (Å²) >= 11 is 7.58. The van der Waals surface area contributed by atoms with Crippen LogP contribution in [0, 0.1) is 5.82 Å². The third-order valence-electron chi connectivity index (χ3n) is 5.02. The molecule has 1 aliphatic rings. The first-order chi connectivity index (χ1) is 14.9. The Kier molecular flexibility index (Phi) is 6.15. The first-order valence-corrected chi connectivity index (χ1v) is 10.9. The molecule has 2 aromatic carbocycles. The highest BCUT2D eigenvalue weighted by Gasteiger charge is 2.34. The van der Waals surface area contributed by atoms with Gasteiger partial charge in [-0.15, -0.1) is 11.3 Å². The average Bonchev–Trinajstić information content (AvgIpc) is 3.43. The van der Waals surface area contributed by atoms with E-state index in [2.05, 4.69) is 5.10 Å². The van der Waals surface area contributed by atoms with Crippen LogP contribution in [-0.4, -0.2) is 41.0 Å². The number of carbonyl (C=O) groups excluding carboxylic acids is 2. The Balaban J connectivity index is 1.56. The molecule has 1 aromatic heterocycles. The maximum atomic E-state index is 13.5. The first kappa shape index (κ1) is 21.2. The van der Waals surface area contributed by atoms with Crippen LogP contribution in [0.15, 0.2) is 71.1 Å². The predicted octanol–water partition coefficient (Wildman–Crippen LogP) is 4.99. The van der Waals surface area contributed by atoms with Gasteiger partial charge in [0.15, 0.2) is 0 Å². The van der Waals surface area contributed by atoms with E-state index in [0.717, 1.165) is 22.2 Å². The normalized spacial score (nSPS) is 15.6. The molecule has 0 spiro atoms. The van der Waals surface area contributed by atoms with Crippen LogP contribution in [-0.2, 0) is 4.79 Å². The van der Waals surface area contributed by atoms with E-state index < -0.39 is 11.7 Å². The van der Waals surface area contributed by atoms with Gasteiger partial charge in [-0.25, -0.2) is 9.40 Å². The average molecular weight is 456 g/mol. The highest BCUT2D eigenvalue weighted by Crippen LogP contribution is 2.34. The second-order valence-electron chi connectivity index (χ2n) is 7.21. The predicted molar refractivity (Wildman–Crippen MR) is 120 cm³/mol. The molecule has 4 rings (SSSR count). The zero-order chi connectivity index (χ0) is 22.0. The number of halogens is 2. The molecule has 1 atom stereocenters. The number of thiophene rings is 1. The highest BCUT2D eigenvalue weighted by atomic mass is 35.5. The Morgan fingerprint density at radius 3 is 2.65 bits per heavy atom. The van der Waals surface area contributed by atoms with E-state index in [1.807, 2.05) is 29.6 Å². The minimum Gasteiger partial charge on any atom is -0.332 e. The van der Waals surface area contributed by atoms with E-state index in [9.17, 15) is 14.0 Å². The number of rotatable bonds is 5. The van der Waals surface area contributed by atoms with Crippen molar-refractivity contribution in [3.8, 4) is 0 Å². The van der Waals surface area contributed by atoms with Crippen molar-refractivity contribution < 1.29 is 14.0 Å². The molecule has 0 N–H and O–H groups in total. The molecule has 2 heterocycles. The van der Waals surface area contributed by atoms with Crippen molar-refractivity contribution in [1.82, 2.24) is 9.91 Å². The molecule has 0 aliphatic carbocycles. The number of likely N-dealkylation sites (N-methyl/N-ethyl adjacent to an activating group) is 1. The van der Waals surface area contributed by atoms with Gasteiger partial charge in [-0.1, -0.05) is 35.9 Å². The van der Waals surface area contributed by atoms with E-state index in [0.29, 0.717) is 11.4 Å². The molecule has 0 saturated heterocycles. The summed E-state index contributed by atoms with van der Waals surface area (Å²) in [5.41, 5.74) is 1.92. The van der Waals surface area contributed by atoms with Crippen LogP contribution in [0.3, 0.4) is 0 Å². The van der Waals surface area contributed by atoms with Crippen molar-refractivity contribution in [2.24, 2.45) is 5.10 Å². The number of amides is 2. The fourth-order valence-corrected chi connectivity index (χ4v) is 4.31. The number of carbonyl (C=O) groups is 2. The van der Waals surface area contributed by atoms with Gasteiger partial charge in [0.05, 0.1) is 16.6 Å². The van der Waals surface area contributed by atoms with Crippen LogP contribution in [0.4, 0.5) is 4.39 Å². The van der Waals surface area contributed by atoms with Crippen LogP contribution >= 0.6 is 22.9 Å². The molecule has 31 heavy (non-hydrogen) atoms. The summed E-state index contributed by atoms with van der Waals surface area (Å²) in [4.78, 5) is 28.1. The molecule has 0 bridgehead atoms. The molecule has 0 fully saturated rings. The summed E-state index contributed by atoms with van der Waals surface area (Å²) in [5, 5.41) is 8.60. The number of benzene rings is 2. The Bertz CT molecular complexity index is 1130. The van der Waals surface area contributed by atoms with Crippen LogP contribution in [0.1, 0.15) is 33.3 Å². The summed E-state index contributed by atoms with van der Waals surface area (Å²) in [7, 11) is 1.52. The molecule has 158 valence electrons. The number of hydrogen-bond acceptors (Lipinski definition) is 4. The Labute approximate surface area is 188 Å². The second-order valence-corrected chi connectivity index (χ2v) is 8.59. The van der Waals surface area contributed by atoms with Gasteiger partial charge in [-0.2, -0.15) is 5.10 Å². The standard InChI is InChI=1S/C23H19ClFN3O2S/c1-27(23(30)16-4-2-5-18(25)12-16)14-22(29)28-20(15-7-9-17(24)10-8-15)13-19(26-28)21-6-3-11-31-21/h2-12,20H,13-14H2,1H3/t20-/m0/s1. The topological polar surface area (TPSA) is 53.0 Å². The van der Waals surface area contributed by atoms with Crippen LogP contribution in [0.5, 0.6) is 0 Å². The molecule has 5 nitrogen and oxygen atoms in total. The van der Waals surface area contributed by atoms with Crippen molar-refractivity contribution in [1.29, 1.82) is 0 Å². The number of hydrazone groups is 1. The quantitative estimate of drug-likeness (QED) is 0.544. The lowest BCUT2D eigenvalue weighted by Crippen LogP contribution is -2.39. The van der Waals surface area contributed by atoms with Gasteiger partial charge >= 0.3 is 0 Å². The lowest BCUT2D eigenvalue weighted by molar-refractivity contribution is -0.133. The van der Waals surface area contributed by atoms with Crippen molar-refractivity contribution in [3.63, 3.8) is 0 Å². The molecular formula is C23H19ClFN3O2S. The fourth-order valence-electron chi connectivity index (χ4n) is 3.47. The zero-order valence-corrected chi connectivity index (χ0v) is 18.2. The van der Waals surface area contributed by atoms with Gasteiger partial charge in [-0.05, 0) is 47.3 Å². The fraction of sp³-hybridized carbons (Fsp3) is 0.174. The van der Waals surface area contributed by atoms with Crippen LogP contribution in [0.2, 0.25) is 5.02 Å². The van der Waals surface area contributed by atoms with Gasteiger partial charge in [0.2, 0.25) is 0 Å².